The summed E-state index contributed by atoms with van der Waals surface area (Å²) in [7, 11) is 0. The van der Waals surface area contributed by atoms with Crippen molar-refractivity contribution < 1.29 is 5.11 Å². The highest BCUT2D eigenvalue weighted by atomic mass is 16.3. The zero-order valence-electron chi connectivity index (χ0n) is 15.3. The van der Waals surface area contributed by atoms with Crippen molar-refractivity contribution in [1.29, 1.82) is 0 Å². The lowest BCUT2D eigenvalue weighted by Crippen LogP contribution is -2.35. The molecule has 2 N–H and O–H groups in total. The summed E-state index contributed by atoms with van der Waals surface area (Å²) < 4.78 is 0. The largest absolute Gasteiger partial charge is 0.388 e. The molecular formula is C23H26N2O. The van der Waals surface area contributed by atoms with Crippen LogP contribution in [0.3, 0.4) is 0 Å². The highest BCUT2D eigenvalue weighted by molar-refractivity contribution is 5.86. The van der Waals surface area contributed by atoms with Crippen molar-refractivity contribution >= 4 is 10.9 Å². The molecule has 2 unspecified atom stereocenters. The fraction of sp³-hybridized carbons (Fsp3) is 0.348. The molecule has 1 saturated heterocycles. The lowest BCUT2D eigenvalue weighted by Gasteiger charge is -2.26. The molecule has 2 aromatic carbocycles. The zero-order chi connectivity index (χ0) is 17.9. The van der Waals surface area contributed by atoms with Crippen molar-refractivity contribution in [3.05, 3.63) is 65.7 Å². The predicted molar refractivity (Wildman–Crippen MR) is 107 cm³/mol. The van der Waals surface area contributed by atoms with E-state index < -0.39 is 6.10 Å². The van der Waals surface area contributed by atoms with Crippen LogP contribution in [0.25, 0.3) is 22.2 Å². The number of nitrogens with one attached hydrogen (secondary N) is 1. The average Bonchev–Trinajstić information content (AvgIpc) is 2.68. The van der Waals surface area contributed by atoms with Gasteiger partial charge in [-0.3, -0.25) is 0 Å². The molecule has 2 heterocycles. The van der Waals surface area contributed by atoms with Crippen molar-refractivity contribution in [2.75, 3.05) is 6.54 Å². The fourth-order valence-electron chi connectivity index (χ4n) is 3.92. The van der Waals surface area contributed by atoms with Crippen LogP contribution in [0.1, 0.15) is 42.9 Å². The minimum atomic E-state index is -0.486. The molecule has 134 valence electrons. The van der Waals surface area contributed by atoms with Gasteiger partial charge in [0, 0.05) is 17.0 Å². The van der Waals surface area contributed by atoms with E-state index in [1.54, 1.807) is 0 Å². The average molecular weight is 346 g/mol. The molecule has 0 amide bonds. The Labute approximate surface area is 155 Å². The zero-order valence-corrected chi connectivity index (χ0v) is 15.3. The van der Waals surface area contributed by atoms with Crippen LogP contribution in [-0.2, 0) is 0 Å². The number of aryl methyl sites for hydroxylation is 1. The SMILES string of the molecule is Cc1ccc2nc(-c3ccccc3)cc(C(O)CC3CCCCN3)c2c1. The second-order valence-electron chi connectivity index (χ2n) is 7.38. The molecule has 3 aromatic rings. The normalized spacial score (nSPS) is 18.8. The quantitative estimate of drug-likeness (QED) is 0.715. The first kappa shape index (κ1) is 17.2. The molecule has 1 aliphatic heterocycles. The monoisotopic (exact) mass is 346 g/mol. The number of aliphatic hydroxyl groups excluding tert-OH is 1. The number of aliphatic hydroxyl groups is 1. The molecule has 0 saturated carbocycles. The van der Waals surface area contributed by atoms with Crippen LogP contribution in [0.15, 0.2) is 54.6 Å². The molecular weight excluding hydrogens is 320 g/mol. The Morgan fingerprint density at radius 2 is 1.96 bits per heavy atom. The number of pyridine rings is 1. The maximum absolute atomic E-state index is 11.1. The van der Waals surface area contributed by atoms with Crippen LogP contribution in [0.4, 0.5) is 0 Å². The summed E-state index contributed by atoms with van der Waals surface area (Å²) in [6, 6.07) is 19.0. The number of hydrogen-bond acceptors (Lipinski definition) is 3. The van der Waals surface area contributed by atoms with Gasteiger partial charge in [-0.05, 0) is 56.5 Å². The van der Waals surface area contributed by atoms with Crippen molar-refractivity contribution in [2.45, 2.75) is 44.8 Å². The van der Waals surface area contributed by atoms with E-state index in [-0.39, 0.29) is 0 Å². The first-order valence-corrected chi connectivity index (χ1v) is 9.59. The maximum atomic E-state index is 11.1. The number of aromatic nitrogens is 1. The Bertz CT molecular complexity index is 885. The molecule has 0 spiro atoms. The summed E-state index contributed by atoms with van der Waals surface area (Å²) in [4.78, 5) is 4.85. The highest BCUT2D eigenvalue weighted by Crippen LogP contribution is 2.32. The molecule has 0 bridgehead atoms. The molecule has 0 radical (unpaired) electrons. The van der Waals surface area contributed by atoms with Crippen molar-refractivity contribution in [3.63, 3.8) is 0 Å². The Morgan fingerprint density at radius 1 is 1.12 bits per heavy atom. The van der Waals surface area contributed by atoms with Crippen LogP contribution in [0.2, 0.25) is 0 Å². The van der Waals surface area contributed by atoms with E-state index in [1.165, 1.54) is 18.4 Å². The third kappa shape index (κ3) is 3.64. The minimum absolute atomic E-state index is 0.395. The first-order valence-electron chi connectivity index (χ1n) is 9.59. The Hall–Kier alpha value is -2.23. The number of rotatable bonds is 4. The Kier molecular flexibility index (Phi) is 5.00. The minimum Gasteiger partial charge on any atom is -0.388 e. The van der Waals surface area contributed by atoms with E-state index in [1.807, 2.05) is 18.2 Å². The van der Waals surface area contributed by atoms with Gasteiger partial charge in [-0.15, -0.1) is 0 Å². The number of benzene rings is 2. The molecule has 3 heteroatoms. The van der Waals surface area contributed by atoms with Gasteiger partial charge in [0.2, 0.25) is 0 Å². The van der Waals surface area contributed by atoms with Gasteiger partial charge >= 0.3 is 0 Å². The Balaban J connectivity index is 1.76. The van der Waals surface area contributed by atoms with Crippen LogP contribution in [0.5, 0.6) is 0 Å². The Morgan fingerprint density at radius 3 is 2.73 bits per heavy atom. The summed E-state index contributed by atoms with van der Waals surface area (Å²) in [5.74, 6) is 0. The van der Waals surface area contributed by atoms with Gasteiger partial charge in [-0.1, -0.05) is 48.4 Å². The fourth-order valence-corrected chi connectivity index (χ4v) is 3.92. The summed E-state index contributed by atoms with van der Waals surface area (Å²) in [5.41, 5.74) is 5.13. The summed E-state index contributed by atoms with van der Waals surface area (Å²) in [5, 5.41) is 15.7. The maximum Gasteiger partial charge on any atom is 0.0812 e. The smallest absolute Gasteiger partial charge is 0.0812 e. The van der Waals surface area contributed by atoms with Gasteiger partial charge in [0.1, 0.15) is 0 Å². The van der Waals surface area contributed by atoms with E-state index >= 15 is 0 Å². The van der Waals surface area contributed by atoms with Gasteiger partial charge < -0.3 is 10.4 Å². The summed E-state index contributed by atoms with van der Waals surface area (Å²) in [6.45, 7) is 3.15. The van der Waals surface area contributed by atoms with Crippen molar-refractivity contribution in [1.82, 2.24) is 10.3 Å². The number of hydrogen-bond donors (Lipinski definition) is 2. The predicted octanol–water partition coefficient (Wildman–Crippen LogP) is 4.78. The highest BCUT2D eigenvalue weighted by Gasteiger charge is 2.21. The van der Waals surface area contributed by atoms with Crippen LogP contribution in [-0.4, -0.2) is 22.7 Å². The molecule has 1 aromatic heterocycles. The van der Waals surface area contributed by atoms with Crippen molar-refractivity contribution in [2.24, 2.45) is 0 Å². The van der Waals surface area contributed by atoms with Gasteiger partial charge in [-0.25, -0.2) is 4.98 Å². The van der Waals surface area contributed by atoms with Gasteiger partial charge in [0.25, 0.3) is 0 Å². The van der Waals surface area contributed by atoms with Crippen molar-refractivity contribution in [3.8, 4) is 11.3 Å². The lowest BCUT2D eigenvalue weighted by molar-refractivity contribution is 0.146. The lowest BCUT2D eigenvalue weighted by atomic mass is 9.92. The van der Waals surface area contributed by atoms with Gasteiger partial charge in [-0.2, -0.15) is 0 Å². The first-order chi connectivity index (χ1) is 12.7. The summed E-state index contributed by atoms with van der Waals surface area (Å²) >= 11 is 0. The molecule has 0 aliphatic carbocycles. The summed E-state index contributed by atoms with van der Waals surface area (Å²) in [6.07, 6.45) is 3.89. The molecule has 1 fully saturated rings. The van der Waals surface area contributed by atoms with E-state index in [0.717, 1.165) is 47.1 Å². The van der Waals surface area contributed by atoms with E-state index in [4.69, 9.17) is 4.98 Å². The second-order valence-corrected chi connectivity index (χ2v) is 7.38. The third-order valence-corrected chi connectivity index (χ3v) is 5.34. The van der Waals surface area contributed by atoms with Crippen LogP contribution >= 0.6 is 0 Å². The standard InChI is InChI=1S/C23H26N2O/c1-16-10-11-21-19(13-16)20(23(26)14-18-9-5-6-12-24-18)15-22(25-21)17-7-3-2-4-8-17/h2-4,7-8,10-11,13,15,18,23-24,26H,5-6,9,12,14H2,1H3. The molecule has 1 aliphatic rings. The molecule has 3 nitrogen and oxygen atoms in total. The van der Waals surface area contributed by atoms with E-state index in [2.05, 4.69) is 48.6 Å². The van der Waals surface area contributed by atoms with E-state index in [9.17, 15) is 5.11 Å². The number of fused-ring (bicyclic) bond motifs is 1. The third-order valence-electron chi connectivity index (χ3n) is 5.34. The van der Waals surface area contributed by atoms with Crippen LogP contribution < -0.4 is 5.32 Å². The number of piperidine rings is 1. The second kappa shape index (κ2) is 7.56. The molecule has 26 heavy (non-hydrogen) atoms. The van der Waals surface area contributed by atoms with Gasteiger partial charge in [0.15, 0.2) is 0 Å². The molecule has 2 atom stereocenters. The topological polar surface area (TPSA) is 45.2 Å². The number of nitrogens with zero attached hydrogens (tertiary/aromatic N) is 1. The van der Waals surface area contributed by atoms with E-state index in [0.29, 0.717) is 6.04 Å². The van der Waals surface area contributed by atoms with Gasteiger partial charge in [0.05, 0.1) is 17.3 Å². The molecule has 4 rings (SSSR count). The van der Waals surface area contributed by atoms with Crippen LogP contribution in [0, 0.1) is 6.92 Å².